The number of hydrogen-bond donors (Lipinski definition) is 4. The van der Waals surface area contributed by atoms with Gasteiger partial charge < -0.3 is 21.1 Å². The van der Waals surface area contributed by atoms with E-state index in [1.165, 1.54) is 64.2 Å². The maximum absolute atomic E-state index is 12.3. The Morgan fingerprint density at radius 1 is 0.690 bits per heavy atom. The smallest absolute Gasteiger partial charge is 0.145 e. The molecule has 0 bridgehead atoms. The van der Waals surface area contributed by atoms with Crippen LogP contribution in [0.5, 0.6) is 0 Å². The Labute approximate surface area is 179 Å². The maximum atomic E-state index is 12.3. The SMILES string of the molecule is CCCCCCCCCCCCCCCC(O)C(C(=O)CC(O)CCC)C(N)O. The molecule has 0 fully saturated rings. The summed E-state index contributed by atoms with van der Waals surface area (Å²) in [5.41, 5.74) is 5.53. The molecule has 0 saturated carbocycles. The van der Waals surface area contributed by atoms with Crippen molar-refractivity contribution in [2.24, 2.45) is 11.7 Å². The van der Waals surface area contributed by atoms with E-state index >= 15 is 0 Å². The van der Waals surface area contributed by atoms with Crippen LogP contribution in [-0.2, 0) is 4.79 Å². The molecule has 0 spiro atoms. The molecule has 5 N–H and O–H groups in total. The van der Waals surface area contributed by atoms with E-state index in [0.717, 1.165) is 25.7 Å². The molecule has 0 heterocycles. The van der Waals surface area contributed by atoms with Gasteiger partial charge in [0.1, 0.15) is 12.0 Å². The number of nitrogens with two attached hydrogens (primary N) is 1. The molecule has 0 aromatic rings. The van der Waals surface area contributed by atoms with Crippen LogP contribution in [0.25, 0.3) is 0 Å². The van der Waals surface area contributed by atoms with Crippen LogP contribution in [-0.4, -0.2) is 39.5 Å². The van der Waals surface area contributed by atoms with Gasteiger partial charge in [0.15, 0.2) is 0 Å². The summed E-state index contributed by atoms with van der Waals surface area (Å²) in [6.45, 7) is 4.19. The predicted molar refractivity (Wildman–Crippen MR) is 121 cm³/mol. The second-order valence-electron chi connectivity index (χ2n) is 8.73. The van der Waals surface area contributed by atoms with E-state index in [1.54, 1.807) is 0 Å². The molecule has 0 aliphatic heterocycles. The summed E-state index contributed by atoms with van der Waals surface area (Å²) in [4.78, 5) is 12.3. The predicted octanol–water partition coefficient (Wildman–Crippen LogP) is 4.84. The first-order chi connectivity index (χ1) is 13.9. The fraction of sp³-hybridized carbons (Fsp3) is 0.958. The molecule has 0 aromatic heterocycles. The van der Waals surface area contributed by atoms with Crippen molar-refractivity contribution in [1.29, 1.82) is 0 Å². The van der Waals surface area contributed by atoms with Crippen molar-refractivity contribution in [1.82, 2.24) is 0 Å². The highest BCUT2D eigenvalue weighted by molar-refractivity contribution is 5.82. The van der Waals surface area contributed by atoms with E-state index in [9.17, 15) is 20.1 Å². The first-order valence-corrected chi connectivity index (χ1v) is 12.3. The third-order valence-electron chi connectivity index (χ3n) is 5.82. The maximum Gasteiger partial charge on any atom is 0.145 e. The summed E-state index contributed by atoms with van der Waals surface area (Å²) in [5, 5.41) is 29.8. The zero-order valence-corrected chi connectivity index (χ0v) is 19.2. The average molecular weight is 416 g/mol. The number of hydrogen-bond acceptors (Lipinski definition) is 5. The summed E-state index contributed by atoms with van der Waals surface area (Å²) in [5.74, 6) is -1.35. The van der Waals surface area contributed by atoms with Gasteiger partial charge in [-0.3, -0.25) is 4.79 Å². The molecule has 0 radical (unpaired) electrons. The Hall–Kier alpha value is -0.490. The van der Waals surface area contributed by atoms with Crippen LogP contribution in [0.15, 0.2) is 0 Å². The number of aliphatic hydroxyl groups excluding tert-OH is 3. The molecule has 0 rings (SSSR count). The highest BCUT2D eigenvalue weighted by Crippen LogP contribution is 2.19. The Bertz CT molecular complexity index is 376. The molecule has 0 aliphatic rings. The summed E-state index contributed by atoms with van der Waals surface area (Å²) in [7, 11) is 0. The molecule has 0 amide bonds. The molecule has 0 saturated heterocycles. The van der Waals surface area contributed by atoms with Crippen molar-refractivity contribution in [2.75, 3.05) is 0 Å². The minimum absolute atomic E-state index is 0.0531. The van der Waals surface area contributed by atoms with Crippen molar-refractivity contribution in [2.45, 2.75) is 141 Å². The standard InChI is InChI=1S/C24H49NO4/c1-3-5-6-7-8-9-10-11-12-13-14-15-16-18-21(27)23(24(25)29)22(28)19-20(26)17-4-2/h20-21,23-24,26-27,29H,3-19,25H2,1-2H3. The normalized spacial score (nSPS) is 15.8. The molecule has 5 heteroatoms. The Balaban J connectivity index is 3.78. The van der Waals surface area contributed by atoms with E-state index < -0.39 is 24.4 Å². The van der Waals surface area contributed by atoms with Crippen LogP contribution in [0.1, 0.15) is 123 Å². The van der Waals surface area contributed by atoms with Gasteiger partial charge >= 0.3 is 0 Å². The number of carbonyl (C=O) groups excluding carboxylic acids is 1. The van der Waals surface area contributed by atoms with Gasteiger partial charge in [-0.1, -0.05) is 104 Å². The van der Waals surface area contributed by atoms with E-state index in [-0.39, 0.29) is 12.2 Å². The molecule has 5 nitrogen and oxygen atoms in total. The zero-order chi connectivity index (χ0) is 21.9. The van der Waals surface area contributed by atoms with E-state index in [2.05, 4.69) is 6.92 Å². The number of ketones is 1. The van der Waals surface area contributed by atoms with Gasteiger partial charge in [-0.15, -0.1) is 0 Å². The van der Waals surface area contributed by atoms with Crippen molar-refractivity contribution in [3.05, 3.63) is 0 Å². The minimum Gasteiger partial charge on any atom is -0.393 e. The van der Waals surface area contributed by atoms with Crippen molar-refractivity contribution < 1.29 is 20.1 Å². The molecule has 4 unspecified atom stereocenters. The van der Waals surface area contributed by atoms with Crippen LogP contribution in [0.4, 0.5) is 0 Å². The molecular weight excluding hydrogens is 366 g/mol. The quantitative estimate of drug-likeness (QED) is 0.159. The monoisotopic (exact) mass is 415 g/mol. The van der Waals surface area contributed by atoms with Crippen LogP contribution in [0.2, 0.25) is 0 Å². The van der Waals surface area contributed by atoms with Crippen molar-refractivity contribution >= 4 is 5.78 Å². The Morgan fingerprint density at radius 2 is 1.14 bits per heavy atom. The minimum atomic E-state index is -1.38. The van der Waals surface area contributed by atoms with Gasteiger partial charge in [-0.2, -0.15) is 0 Å². The molecular formula is C24H49NO4. The van der Waals surface area contributed by atoms with Crippen LogP contribution >= 0.6 is 0 Å². The lowest BCUT2D eigenvalue weighted by molar-refractivity contribution is -0.133. The van der Waals surface area contributed by atoms with Crippen LogP contribution in [0.3, 0.4) is 0 Å². The molecule has 0 aliphatic carbocycles. The van der Waals surface area contributed by atoms with E-state index in [1.807, 2.05) is 6.92 Å². The second kappa shape index (κ2) is 19.5. The lowest BCUT2D eigenvalue weighted by Gasteiger charge is -2.25. The Kier molecular flexibility index (Phi) is 19.1. The first-order valence-electron chi connectivity index (χ1n) is 12.3. The Morgan fingerprint density at radius 3 is 1.55 bits per heavy atom. The van der Waals surface area contributed by atoms with Gasteiger partial charge in [0.25, 0.3) is 0 Å². The topological polar surface area (TPSA) is 104 Å². The molecule has 0 aromatic carbocycles. The first kappa shape index (κ1) is 28.5. The number of unbranched alkanes of at least 4 members (excludes halogenated alkanes) is 12. The van der Waals surface area contributed by atoms with Gasteiger partial charge in [0.05, 0.1) is 18.1 Å². The van der Waals surface area contributed by atoms with E-state index in [0.29, 0.717) is 12.8 Å². The summed E-state index contributed by atoms with van der Waals surface area (Å²) in [6, 6.07) is 0. The zero-order valence-electron chi connectivity index (χ0n) is 19.2. The highest BCUT2D eigenvalue weighted by atomic mass is 16.3. The summed E-state index contributed by atoms with van der Waals surface area (Å²) >= 11 is 0. The van der Waals surface area contributed by atoms with Gasteiger partial charge in [0, 0.05) is 6.42 Å². The summed E-state index contributed by atoms with van der Waals surface area (Å²) < 4.78 is 0. The molecule has 29 heavy (non-hydrogen) atoms. The fourth-order valence-electron chi connectivity index (χ4n) is 3.99. The fourth-order valence-corrected chi connectivity index (χ4v) is 3.99. The number of aliphatic hydroxyl groups is 3. The van der Waals surface area contributed by atoms with E-state index in [4.69, 9.17) is 5.73 Å². The lowest BCUT2D eigenvalue weighted by atomic mass is 9.88. The van der Waals surface area contributed by atoms with Crippen molar-refractivity contribution in [3.8, 4) is 0 Å². The third-order valence-corrected chi connectivity index (χ3v) is 5.82. The third kappa shape index (κ3) is 15.9. The van der Waals surface area contributed by atoms with Crippen LogP contribution in [0, 0.1) is 5.92 Å². The number of Topliss-reactive ketones (excluding diaryl/α,β-unsaturated/α-hetero) is 1. The largest absolute Gasteiger partial charge is 0.393 e. The summed E-state index contributed by atoms with van der Waals surface area (Å²) in [6.07, 6.45) is 15.0. The molecule has 174 valence electrons. The van der Waals surface area contributed by atoms with Crippen molar-refractivity contribution in [3.63, 3.8) is 0 Å². The van der Waals surface area contributed by atoms with Gasteiger partial charge in [0.2, 0.25) is 0 Å². The molecule has 4 atom stereocenters. The average Bonchev–Trinajstić information content (AvgIpc) is 2.65. The highest BCUT2D eigenvalue weighted by Gasteiger charge is 2.32. The number of carbonyl (C=O) groups is 1. The number of rotatable bonds is 21. The lowest BCUT2D eigenvalue weighted by Crippen LogP contribution is -2.44. The van der Waals surface area contributed by atoms with Gasteiger partial charge in [-0.25, -0.2) is 0 Å². The van der Waals surface area contributed by atoms with Crippen LogP contribution < -0.4 is 5.73 Å². The second-order valence-corrected chi connectivity index (χ2v) is 8.73. The van der Waals surface area contributed by atoms with Gasteiger partial charge in [-0.05, 0) is 12.8 Å².